The maximum Gasteiger partial charge on any atom is 0.308 e. The molecule has 0 N–H and O–H groups in total. The molecule has 104 valence electrons. The summed E-state index contributed by atoms with van der Waals surface area (Å²) in [6.07, 6.45) is 0.630. The summed E-state index contributed by atoms with van der Waals surface area (Å²) in [6, 6.07) is 0. The molecule has 7 nitrogen and oxygen atoms in total. The summed E-state index contributed by atoms with van der Waals surface area (Å²) in [4.78, 5) is 24.2. The lowest BCUT2D eigenvalue weighted by Crippen LogP contribution is -2.48. The van der Waals surface area contributed by atoms with Crippen molar-refractivity contribution in [2.75, 3.05) is 38.8 Å². The zero-order valence-corrected chi connectivity index (χ0v) is 11.2. The molecule has 0 aliphatic carbocycles. The maximum absolute atomic E-state index is 11.7. The smallest absolute Gasteiger partial charge is 0.308 e. The first-order valence-electron chi connectivity index (χ1n) is 5.45. The van der Waals surface area contributed by atoms with Gasteiger partial charge in [-0.15, -0.1) is 0 Å². The lowest BCUT2D eigenvalue weighted by molar-refractivity contribution is -0.149. The minimum atomic E-state index is -3.34. The first-order chi connectivity index (χ1) is 8.31. The Balaban J connectivity index is 2.53. The molecule has 1 saturated heterocycles. The van der Waals surface area contributed by atoms with Crippen molar-refractivity contribution in [3.8, 4) is 0 Å². The van der Waals surface area contributed by atoms with Crippen molar-refractivity contribution in [1.29, 1.82) is 0 Å². The summed E-state index contributed by atoms with van der Waals surface area (Å²) in [5.74, 6) is -1.40. The van der Waals surface area contributed by atoms with Crippen molar-refractivity contribution in [2.45, 2.75) is 12.5 Å². The summed E-state index contributed by atoms with van der Waals surface area (Å²) >= 11 is 0. The van der Waals surface area contributed by atoms with E-state index in [1.807, 2.05) is 0 Å². The number of hydrogen-bond donors (Lipinski definition) is 0. The van der Waals surface area contributed by atoms with Crippen LogP contribution in [-0.2, 0) is 28.9 Å². The first kappa shape index (κ1) is 14.9. The second-order valence-electron chi connectivity index (χ2n) is 4.18. The molecule has 0 saturated carbocycles. The summed E-state index contributed by atoms with van der Waals surface area (Å²) in [5, 5.41) is 0. The molecule has 1 aliphatic rings. The molecule has 0 radical (unpaired) electrons. The lowest BCUT2D eigenvalue weighted by Gasteiger charge is -2.32. The van der Waals surface area contributed by atoms with Gasteiger partial charge in [0.15, 0.2) is 9.84 Å². The number of rotatable bonds is 4. The number of nitrogens with zero attached hydrogens (tertiary/aromatic N) is 1. The third kappa shape index (κ3) is 5.01. The fourth-order valence-corrected chi connectivity index (χ4v) is 2.29. The van der Waals surface area contributed by atoms with Crippen molar-refractivity contribution < 1.29 is 27.5 Å². The van der Waals surface area contributed by atoms with Crippen LogP contribution in [0.2, 0.25) is 0 Å². The molecule has 1 aliphatic heterocycles. The van der Waals surface area contributed by atoms with Crippen molar-refractivity contribution >= 4 is 21.7 Å². The van der Waals surface area contributed by atoms with Gasteiger partial charge in [-0.25, -0.2) is 8.42 Å². The van der Waals surface area contributed by atoms with Crippen LogP contribution in [0.15, 0.2) is 0 Å². The van der Waals surface area contributed by atoms with E-state index in [9.17, 15) is 18.0 Å². The van der Waals surface area contributed by atoms with Crippen LogP contribution in [-0.4, -0.2) is 70.1 Å². The van der Waals surface area contributed by atoms with Gasteiger partial charge in [0.2, 0.25) is 5.91 Å². The Hall–Kier alpha value is -1.15. The number of carbonyl (C=O) groups is 2. The lowest BCUT2D eigenvalue weighted by atomic mass is 10.2. The fourth-order valence-electron chi connectivity index (χ4n) is 1.65. The zero-order valence-electron chi connectivity index (χ0n) is 10.4. The highest BCUT2D eigenvalue weighted by molar-refractivity contribution is 7.91. The topological polar surface area (TPSA) is 90.0 Å². The van der Waals surface area contributed by atoms with Crippen molar-refractivity contribution in [3.05, 3.63) is 0 Å². The normalized spacial score (nSPS) is 20.6. The Morgan fingerprint density at radius 1 is 1.44 bits per heavy atom. The molecule has 0 aromatic heterocycles. The highest BCUT2D eigenvalue weighted by Crippen LogP contribution is 2.10. The Morgan fingerprint density at radius 2 is 2.11 bits per heavy atom. The molecular weight excluding hydrogens is 262 g/mol. The number of ether oxygens (including phenoxy) is 2. The highest BCUT2D eigenvalue weighted by atomic mass is 32.2. The predicted molar refractivity (Wildman–Crippen MR) is 62.7 cm³/mol. The van der Waals surface area contributed by atoms with Crippen LogP contribution in [0, 0.1) is 0 Å². The number of methoxy groups -OCH3 is 1. The third-order valence-electron chi connectivity index (χ3n) is 2.50. The first-order valence-corrected chi connectivity index (χ1v) is 7.52. The molecule has 1 atom stereocenters. The molecule has 1 amide bonds. The van der Waals surface area contributed by atoms with Crippen LogP contribution in [0.1, 0.15) is 6.42 Å². The number of amides is 1. The van der Waals surface area contributed by atoms with Gasteiger partial charge >= 0.3 is 5.97 Å². The second kappa shape index (κ2) is 6.14. The van der Waals surface area contributed by atoms with E-state index in [0.717, 1.165) is 6.26 Å². The van der Waals surface area contributed by atoms with E-state index in [1.165, 1.54) is 12.0 Å². The van der Waals surface area contributed by atoms with Gasteiger partial charge in [-0.3, -0.25) is 9.59 Å². The standard InChI is InChI=1S/C10H17NO6S/c1-16-10(13)5-8-6-11(3-4-17-8)9(12)7-18(2,14)15/h8H,3-7H2,1-2H3. The molecule has 1 unspecified atom stereocenters. The highest BCUT2D eigenvalue weighted by Gasteiger charge is 2.27. The Labute approximate surface area is 106 Å². The molecule has 18 heavy (non-hydrogen) atoms. The molecule has 0 spiro atoms. The molecule has 0 bridgehead atoms. The van der Waals surface area contributed by atoms with Crippen molar-refractivity contribution in [1.82, 2.24) is 4.90 Å². The minimum Gasteiger partial charge on any atom is -0.469 e. The summed E-state index contributed by atoms with van der Waals surface area (Å²) in [5.41, 5.74) is 0. The number of sulfone groups is 1. The predicted octanol–water partition coefficient (Wildman–Crippen LogP) is -1.18. The van der Waals surface area contributed by atoms with Crippen LogP contribution in [0.25, 0.3) is 0 Å². The SMILES string of the molecule is COC(=O)CC1CN(C(=O)CS(C)(=O)=O)CCO1. The van der Waals surface area contributed by atoms with Gasteiger partial charge in [0.05, 0.1) is 26.2 Å². The molecule has 1 fully saturated rings. The monoisotopic (exact) mass is 279 g/mol. The van der Waals surface area contributed by atoms with E-state index < -0.39 is 33.6 Å². The molecule has 0 aromatic rings. The molecule has 0 aromatic carbocycles. The van der Waals surface area contributed by atoms with Crippen LogP contribution < -0.4 is 0 Å². The molecule has 1 rings (SSSR count). The summed E-state index contributed by atoms with van der Waals surface area (Å²) < 4.78 is 31.9. The Bertz CT molecular complexity index is 418. The zero-order chi connectivity index (χ0) is 13.8. The van der Waals surface area contributed by atoms with Crippen LogP contribution in [0.4, 0.5) is 0 Å². The molecular formula is C10H17NO6S. The Morgan fingerprint density at radius 3 is 2.67 bits per heavy atom. The van der Waals surface area contributed by atoms with Crippen molar-refractivity contribution in [2.24, 2.45) is 0 Å². The van der Waals surface area contributed by atoms with Crippen LogP contribution in [0.5, 0.6) is 0 Å². The minimum absolute atomic E-state index is 0.0547. The molecule has 8 heteroatoms. The van der Waals surface area contributed by atoms with E-state index in [0.29, 0.717) is 6.54 Å². The van der Waals surface area contributed by atoms with Gasteiger partial charge < -0.3 is 14.4 Å². The third-order valence-corrected chi connectivity index (χ3v) is 3.27. The largest absolute Gasteiger partial charge is 0.469 e. The quantitative estimate of drug-likeness (QED) is 0.602. The van der Waals surface area contributed by atoms with Crippen LogP contribution in [0.3, 0.4) is 0 Å². The van der Waals surface area contributed by atoms with E-state index in [2.05, 4.69) is 4.74 Å². The fraction of sp³-hybridized carbons (Fsp3) is 0.800. The van der Waals surface area contributed by atoms with E-state index in [1.54, 1.807) is 0 Å². The van der Waals surface area contributed by atoms with Gasteiger partial charge in [0.25, 0.3) is 0 Å². The van der Waals surface area contributed by atoms with Crippen LogP contribution >= 0.6 is 0 Å². The number of morpholine rings is 1. The van der Waals surface area contributed by atoms with Gasteiger partial charge in [-0.05, 0) is 0 Å². The number of hydrogen-bond acceptors (Lipinski definition) is 6. The van der Waals surface area contributed by atoms with Crippen molar-refractivity contribution in [3.63, 3.8) is 0 Å². The Kier molecular flexibility index (Phi) is 5.09. The number of carbonyl (C=O) groups excluding carboxylic acids is 2. The van der Waals surface area contributed by atoms with Gasteiger partial charge in [-0.1, -0.05) is 0 Å². The summed E-state index contributed by atoms with van der Waals surface area (Å²) in [7, 11) is -2.07. The average molecular weight is 279 g/mol. The molecule has 1 heterocycles. The van der Waals surface area contributed by atoms with E-state index >= 15 is 0 Å². The van der Waals surface area contributed by atoms with Gasteiger partial charge in [0.1, 0.15) is 5.75 Å². The second-order valence-corrected chi connectivity index (χ2v) is 6.32. The number of esters is 1. The maximum atomic E-state index is 11.7. The average Bonchev–Trinajstić information content (AvgIpc) is 2.27. The van der Waals surface area contributed by atoms with E-state index in [4.69, 9.17) is 4.74 Å². The van der Waals surface area contributed by atoms with Gasteiger partial charge in [-0.2, -0.15) is 0 Å². The van der Waals surface area contributed by atoms with E-state index in [-0.39, 0.29) is 19.6 Å². The van der Waals surface area contributed by atoms with Gasteiger partial charge in [0, 0.05) is 19.3 Å². The summed E-state index contributed by atoms with van der Waals surface area (Å²) in [6.45, 7) is 0.840.